The van der Waals surface area contributed by atoms with Gasteiger partial charge in [-0.05, 0) is 39.8 Å². The molecule has 0 saturated heterocycles. The molecule has 0 aliphatic carbocycles. The van der Waals surface area contributed by atoms with Crippen molar-refractivity contribution in [2.24, 2.45) is 0 Å². The maximum atomic E-state index is 12.6. The van der Waals surface area contributed by atoms with E-state index >= 15 is 0 Å². The van der Waals surface area contributed by atoms with Crippen molar-refractivity contribution < 1.29 is 13.2 Å². The SMILES string of the molecule is Cc1ccc(C(=O)Nc2c3c(nn2C(C)(C)C)CS(=O)(=O)C3)cc1. The third-order valence-electron chi connectivity index (χ3n) is 3.97. The molecule has 0 saturated carbocycles. The van der Waals surface area contributed by atoms with Crippen LogP contribution in [0.25, 0.3) is 0 Å². The molecule has 3 rings (SSSR count). The Balaban J connectivity index is 2.01. The molecule has 2 heterocycles. The highest BCUT2D eigenvalue weighted by molar-refractivity contribution is 7.90. The van der Waals surface area contributed by atoms with Gasteiger partial charge in [-0.1, -0.05) is 17.7 Å². The molecule has 0 unspecified atom stereocenters. The van der Waals surface area contributed by atoms with Crippen LogP contribution in [-0.2, 0) is 26.9 Å². The molecule has 2 aromatic rings. The Morgan fingerprint density at radius 3 is 2.38 bits per heavy atom. The molecule has 24 heavy (non-hydrogen) atoms. The molecule has 1 aromatic carbocycles. The van der Waals surface area contributed by atoms with Crippen molar-refractivity contribution in [2.75, 3.05) is 5.32 Å². The zero-order chi connectivity index (χ0) is 17.7. The number of nitrogens with zero attached hydrogens (tertiary/aromatic N) is 2. The van der Waals surface area contributed by atoms with Crippen LogP contribution in [0.1, 0.15) is 48.0 Å². The first-order valence-corrected chi connectivity index (χ1v) is 9.59. The minimum Gasteiger partial charge on any atom is -0.306 e. The summed E-state index contributed by atoms with van der Waals surface area (Å²) < 4.78 is 25.5. The number of sulfone groups is 1. The van der Waals surface area contributed by atoms with Crippen LogP contribution >= 0.6 is 0 Å². The molecule has 6 nitrogen and oxygen atoms in total. The summed E-state index contributed by atoms with van der Waals surface area (Å²) in [4.78, 5) is 12.6. The highest BCUT2D eigenvalue weighted by atomic mass is 32.2. The molecular weight excluding hydrogens is 326 g/mol. The van der Waals surface area contributed by atoms with E-state index in [-0.39, 0.29) is 23.0 Å². The van der Waals surface area contributed by atoms with E-state index in [0.717, 1.165) is 5.56 Å². The summed E-state index contributed by atoms with van der Waals surface area (Å²) in [5.41, 5.74) is 2.36. The van der Waals surface area contributed by atoms with Crippen LogP contribution in [0.4, 0.5) is 5.82 Å². The van der Waals surface area contributed by atoms with Gasteiger partial charge in [-0.3, -0.25) is 4.79 Å². The van der Waals surface area contributed by atoms with E-state index in [4.69, 9.17) is 0 Å². The number of carbonyl (C=O) groups excluding carboxylic acids is 1. The van der Waals surface area contributed by atoms with Gasteiger partial charge in [-0.25, -0.2) is 13.1 Å². The third kappa shape index (κ3) is 3.08. The highest BCUT2D eigenvalue weighted by Crippen LogP contribution is 2.34. The molecule has 0 spiro atoms. The van der Waals surface area contributed by atoms with Crippen LogP contribution < -0.4 is 5.32 Å². The van der Waals surface area contributed by atoms with E-state index in [1.165, 1.54) is 0 Å². The summed E-state index contributed by atoms with van der Waals surface area (Å²) >= 11 is 0. The Hall–Kier alpha value is -2.15. The second-order valence-electron chi connectivity index (χ2n) is 7.21. The molecule has 0 radical (unpaired) electrons. The molecule has 7 heteroatoms. The summed E-state index contributed by atoms with van der Waals surface area (Å²) in [7, 11) is -3.18. The molecule has 1 amide bonds. The Kier molecular flexibility index (Phi) is 3.79. The molecule has 1 aliphatic heterocycles. The van der Waals surface area contributed by atoms with E-state index in [1.807, 2.05) is 39.8 Å². The van der Waals surface area contributed by atoms with Crippen molar-refractivity contribution >= 4 is 21.6 Å². The van der Waals surface area contributed by atoms with Crippen molar-refractivity contribution in [2.45, 2.75) is 44.7 Å². The van der Waals surface area contributed by atoms with Crippen LogP contribution in [0.15, 0.2) is 24.3 Å². The third-order valence-corrected chi connectivity index (χ3v) is 5.41. The molecule has 0 atom stereocenters. The van der Waals surface area contributed by atoms with Crippen molar-refractivity contribution in [1.82, 2.24) is 9.78 Å². The first kappa shape index (κ1) is 16.7. The maximum absolute atomic E-state index is 12.6. The van der Waals surface area contributed by atoms with Gasteiger partial charge in [0.2, 0.25) is 0 Å². The predicted octanol–water partition coefficient (Wildman–Crippen LogP) is 2.63. The fraction of sp³-hybridized carbons (Fsp3) is 0.412. The number of fused-ring (bicyclic) bond motifs is 1. The van der Waals surface area contributed by atoms with Gasteiger partial charge in [0.05, 0.1) is 22.7 Å². The van der Waals surface area contributed by atoms with Crippen LogP contribution in [-0.4, -0.2) is 24.1 Å². The second-order valence-corrected chi connectivity index (χ2v) is 9.27. The topological polar surface area (TPSA) is 81.1 Å². The Morgan fingerprint density at radius 1 is 1.17 bits per heavy atom. The van der Waals surface area contributed by atoms with Gasteiger partial charge in [0.1, 0.15) is 5.82 Å². The van der Waals surface area contributed by atoms with E-state index in [1.54, 1.807) is 16.8 Å². The zero-order valence-electron chi connectivity index (χ0n) is 14.3. The fourth-order valence-corrected chi connectivity index (χ4v) is 4.23. The number of carbonyl (C=O) groups is 1. The fourth-order valence-electron chi connectivity index (χ4n) is 2.74. The Morgan fingerprint density at radius 2 is 1.79 bits per heavy atom. The highest BCUT2D eigenvalue weighted by Gasteiger charge is 2.35. The molecule has 128 valence electrons. The van der Waals surface area contributed by atoms with Gasteiger partial charge in [-0.15, -0.1) is 0 Å². The van der Waals surface area contributed by atoms with Gasteiger partial charge < -0.3 is 5.32 Å². The molecule has 1 N–H and O–H groups in total. The largest absolute Gasteiger partial charge is 0.306 e. The molecule has 0 bridgehead atoms. The number of hydrogen-bond donors (Lipinski definition) is 1. The predicted molar refractivity (Wildman–Crippen MR) is 92.7 cm³/mol. The summed E-state index contributed by atoms with van der Waals surface area (Å²) in [6, 6.07) is 7.23. The molecule has 1 aromatic heterocycles. The van der Waals surface area contributed by atoms with Crippen molar-refractivity contribution in [3.05, 3.63) is 46.6 Å². The first-order chi connectivity index (χ1) is 11.1. The number of rotatable bonds is 2. The number of aromatic nitrogens is 2. The monoisotopic (exact) mass is 347 g/mol. The average molecular weight is 347 g/mol. The lowest BCUT2D eigenvalue weighted by Crippen LogP contribution is -2.27. The van der Waals surface area contributed by atoms with Gasteiger partial charge >= 0.3 is 0 Å². The van der Waals surface area contributed by atoms with Crippen molar-refractivity contribution in [1.29, 1.82) is 0 Å². The molecule has 1 aliphatic rings. The first-order valence-electron chi connectivity index (χ1n) is 7.76. The number of anilines is 1. The Labute approximate surface area is 141 Å². The lowest BCUT2D eigenvalue weighted by atomic mass is 10.1. The van der Waals surface area contributed by atoms with E-state index < -0.39 is 9.84 Å². The van der Waals surface area contributed by atoms with Gasteiger partial charge in [0.25, 0.3) is 5.91 Å². The summed E-state index contributed by atoms with van der Waals surface area (Å²) in [6.07, 6.45) is 0. The number of nitrogens with one attached hydrogen (secondary N) is 1. The van der Waals surface area contributed by atoms with E-state index in [9.17, 15) is 13.2 Å². The lowest BCUT2D eigenvalue weighted by molar-refractivity contribution is 0.102. The summed E-state index contributed by atoms with van der Waals surface area (Å²) in [6.45, 7) is 7.84. The van der Waals surface area contributed by atoms with Gasteiger partial charge in [0, 0.05) is 11.1 Å². The van der Waals surface area contributed by atoms with Crippen LogP contribution in [0.5, 0.6) is 0 Å². The average Bonchev–Trinajstić information content (AvgIpc) is 2.92. The second kappa shape index (κ2) is 5.44. The minimum atomic E-state index is -3.18. The summed E-state index contributed by atoms with van der Waals surface area (Å²) in [5, 5.41) is 7.31. The van der Waals surface area contributed by atoms with E-state index in [0.29, 0.717) is 22.6 Å². The molecular formula is C17H21N3O3S. The Bertz CT molecular complexity index is 904. The lowest BCUT2D eigenvalue weighted by Gasteiger charge is -2.23. The number of aryl methyl sites for hydroxylation is 1. The minimum absolute atomic E-state index is 0.0706. The number of amides is 1. The van der Waals surface area contributed by atoms with Crippen LogP contribution in [0.2, 0.25) is 0 Å². The quantitative estimate of drug-likeness (QED) is 0.905. The van der Waals surface area contributed by atoms with E-state index in [2.05, 4.69) is 10.4 Å². The number of benzene rings is 1. The van der Waals surface area contributed by atoms with Crippen LogP contribution in [0.3, 0.4) is 0 Å². The summed E-state index contributed by atoms with van der Waals surface area (Å²) in [5.74, 6) is 0.0532. The smallest absolute Gasteiger partial charge is 0.256 e. The normalized spacial score (nSPS) is 16.0. The van der Waals surface area contributed by atoms with Crippen molar-refractivity contribution in [3.63, 3.8) is 0 Å². The van der Waals surface area contributed by atoms with Gasteiger partial charge in [-0.2, -0.15) is 5.10 Å². The number of hydrogen-bond acceptors (Lipinski definition) is 4. The standard InChI is InChI=1S/C17H21N3O3S/c1-11-5-7-12(8-6-11)16(21)18-15-13-9-24(22,23)10-14(13)19-20(15)17(2,3)4/h5-8H,9-10H2,1-4H3,(H,18,21). The maximum Gasteiger partial charge on any atom is 0.256 e. The van der Waals surface area contributed by atoms with Crippen LogP contribution in [0, 0.1) is 6.92 Å². The molecule has 0 fully saturated rings. The van der Waals surface area contributed by atoms with Crippen molar-refractivity contribution in [3.8, 4) is 0 Å². The zero-order valence-corrected chi connectivity index (χ0v) is 15.1. The van der Waals surface area contributed by atoms with Gasteiger partial charge in [0.15, 0.2) is 9.84 Å².